The lowest BCUT2D eigenvalue weighted by Crippen LogP contribution is -2.30. The summed E-state index contributed by atoms with van der Waals surface area (Å²) in [6.45, 7) is 2.90. The predicted molar refractivity (Wildman–Crippen MR) is 73.1 cm³/mol. The van der Waals surface area contributed by atoms with E-state index in [1.807, 2.05) is 0 Å². The first kappa shape index (κ1) is 13.1. The maximum atomic E-state index is 12.1. The Labute approximate surface area is 112 Å². The molecule has 1 amide bonds. The monoisotopic (exact) mass is 267 g/mol. The smallest absolute Gasteiger partial charge is 0.253 e. The van der Waals surface area contributed by atoms with Gasteiger partial charge in [0.1, 0.15) is 5.82 Å². The lowest BCUT2D eigenvalue weighted by atomic mass is 10.0. The fraction of sp³-hybridized carbons (Fsp3) is 0.538. The third-order valence-electron chi connectivity index (χ3n) is 3.69. The van der Waals surface area contributed by atoms with Gasteiger partial charge in [0.25, 0.3) is 5.91 Å². The van der Waals surface area contributed by atoms with Gasteiger partial charge in [-0.25, -0.2) is 4.98 Å². The van der Waals surface area contributed by atoms with Crippen molar-refractivity contribution in [3.63, 3.8) is 0 Å². The number of carbonyl (C=O) groups excluding carboxylic acids is 1. The van der Waals surface area contributed by atoms with Crippen LogP contribution in [0, 0.1) is 5.41 Å². The molecule has 5 heteroatoms. The zero-order chi connectivity index (χ0) is 13.2. The fourth-order valence-corrected chi connectivity index (χ4v) is 2.13. The first-order valence-electron chi connectivity index (χ1n) is 6.22. The van der Waals surface area contributed by atoms with Gasteiger partial charge in [-0.1, -0.05) is 18.5 Å². The SMILES string of the molecule is CCC1(CNC(=O)c2cc(NC)ncc2Cl)CC1. The second kappa shape index (κ2) is 5.14. The van der Waals surface area contributed by atoms with Gasteiger partial charge in [0, 0.05) is 19.8 Å². The number of carbonyl (C=O) groups is 1. The average Bonchev–Trinajstić information content (AvgIpc) is 3.17. The van der Waals surface area contributed by atoms with Crippen LogP contribution in [0.5, 0.6) is 0 Å². The highest BCUT2D eigenvalue weighted by molar-refractivity contribution is 6.33. The minimum atomic E-state index is -0.126. The first-order valence-corrected chi connectivity index (χ1v) is 6.59. The Hall–Kier alpha value is -1.29. The van der Waals surface area contributed by atoms with E-state index < -0.39 is 0 Å². The molecule has 18 heavy (non-hydrogen) atoms. The van der Waals surface area contributed by atoms with Gasteiger partial charge in [0.2, 0.25) is 0 Å². The number of hydrogen-bond donors (Lipinski definition) is 2. The number of nitrogens with one attached hydrogen (secondary N) is 2. The van der Waals surface area contributed by atoms with Crippen LogP contribution in [0.2, 0.25) is 5.02 Å². The topological polar surface area (TPSA) is 54.0 Å². The number of pyridine rings is 1. The summed E-state index contributed by atoms with van der Waals surface area (Å²) in [5, 5.41) is 6.24. The van der Waals surface area contributed by atoms with Crippen LogP contribution in [0.1, 0.15) is 36.5 Å². The first-order chi connectivity index (χ1) is 8.60. The van der Waals surface area contributed by atoms with Crippen molar-refractivity contribution in [3.8, 4) is 0 Å². The minimum Gasteiger partial charge on any atom is -0.373 e. The van der Waals surface area contributed by atoms with E-state index in [0.717, 1.165) is 13.0 Å². The zero-order valence-electron chi connectivity index (χ0n) is 10.7. The summed E-state index contributed by atoms with van der Waals surface area (Å²) in [7, 11) is 1.76. The van der Waals surface area contributed by atoms with Crippen molar-refractivity contribution in [2.45, 2.75) is 26.2 Å². The summed E-state index contributed by atoms with van der Waals surface area (Å²) < 4.78 is 0. The molecule has 1 saturated carbocycles. The van der Waals surface area contributed by atoms with Crippen molar-refractivity contribution in [3.05, 3.63) is 22.8 Å². The summed E-state index contributed by atoms with van der Waals surface area (Å²) in [6.07, 6.45) is 5.01. The van der Waals surface area contributed by atoms with Crippen LogP contribution in [0.25, 0.3) is 0 Å². The van der Waals surface area contributed by atoms with Crippen LogP contribution in [0.3, 0.4) is 0 Å². The molecule has 1 aromatic heterocycles. The van der Waals surface area contributed by atoms with Crippen LogP contribution in [0.4, 0.5) is 5.82 Å². The van der Waals surface area contributed by atoms with Crippen molar-refractivity contribution in [2.24, 2.45) is 5.41 Å². The Morgan fingerprint density at radius 3 is 2.83 bits per heavy atom. The van der Waals surface area contributed by atoms with E-state index in [1.54, 1.807) is 13.1 Å². The van der Waals surface area contributed by atoms with Crippen LogP contribution in [0.15, 0.2) is 12.3 Å². The van der Waals surface area contributed by atoms with Gasteiger partial charge in [-0.05, 0) is 30.7 Å². The van der Waals surface area contributed by atoms with Crippen LogP contribution in [-0.4, -0.2) is 24.5 Å². The van der Waals surface area contributed by atoms with E-state index in [1.165, 1.54) is 19.0 Å². The summed E-state index contributed by atoms with van der Waals surface area (Å²) in [4.78, 5) is 16.1. The second-order valence-electron chi connectivity index (χ2n) is 4.84. The molecule has 1 fully saturated rings. The summed E-state index contributed by atoms with van der Waals surface area (Å²) in [5.74, 6) is 0.514. The Balaban J connectivity index is 2.04. The van der Waals surface area contributed by atoms with Crippen molar-refractivity contribution in [1.82, 2.24) is 10.3 Å². The molecule has 0 atom stereocenters. The normalized spacial score (nSPS) is 16.2. The summed E-state index contributed by atoms with van der Waals surface area (Å²) >= 11 is 6.00. The maximum absolute atomic E-state index is 12.1. The molecule has 0 saturated heterocycles. The van der Waals surface area contributed by atoms with E-state index in [9.17, 15) is 4.79 Å². The van der Waals surface area contributed by atoms with E-state index in [-0.39, 0.29) is 5.91 Å². The number of hydrogen-bond acceptors (Lipinski definition) is 3. The molecular formula is C13H18ClN3O. The number of anilines is 1. The van der Waals surface area contributed by atoms with Gasteiger partial charge in [0.05, 0.1) is 10.6 Å². The molecule has 1 aliphatic rings. The molecule has 2 rings (SSSR count). The molecule has 0 aliphatic heterocycles. The summed E-state index contributed by atoms with van der Waals surface area (Å²) in [5.41, 5.74) is 0.809. The Morgan fingerprint density at radius 2 is 2.28 bits per heavy atom. The van der Waals surface area contributed by atoms with E-state index in [0.29, 0.717) is 21.8 Å². The fourth-order valence-electron chi connectivity index (χ4n) is 1.94. The van der Waals surface area contributed by atoms with Crippen molar-refractivity contribution in [2.75, 3.05) is 18.9 Å². The molecule has 98 valence electrons. The molecule has 2 N–H and O–H groups in total. The number of nitrogens with zero attached hydrogens (tertiary/aromatic N) is 1. The molecule has 1 aliphatic carbocycles. The minimum absolute atomic E-state index is 0.126. The van der Waals surface area contributed by atoms with Crippen molar-refractivity contribution in [1.29, 1.82) is 0 Å². The lowest BCUT2D eigenvalue weighted by Gasteiger charge is -2.14. The Bertz CT molecular complexity index is 458. The molecule has 0 aromatic carbocycles. The van der Waals surface area contributed by atoms with E-state index in [2.05, 4.69) is 22.5 Å². The third kappa shape index (κ3) is 2.75. The summed E-state index contributed by atoms with van der Waals surface area (Å²) in [6, 6.07) is 1.67. The van der Waals surface area contributed by atoms with E-state index in [4.69, 9.17) is 11.6 Å². The Kier molecular flexibility index (Phi) is 3.76. The largest absolute Gasteiger partial charge is 0.373 e. The molecule has 1 heterocycles. The molecule has 0 bridgehead atoms. The number of amides is 1. The molecule has 0 unspecified atom stereocenters. The van der Waals surface area contributed by atoms with Crippen LogP contribution in [-0.2, 0) is 0 Å². The highest BCUT2D eigenvalue weighted by Gasteiger charge is 2.40. The number of rotatable bonds is 5. The molecule has 0 spiro atoms. The number of halogens is 1. The van der Waals surface area contributed by atoms with Gasteiger partial charge in [-0.2, -0.15) is 0 Å². The Morgan fingerprint density at radius 1 is 1.56 bits per heavy atom. The maximum Gasteiger partial charge on any atom is 0.253 e. The second-order valence-corrected chi connectivity index (χ2v) is 5.24. The van der Waals surface area contributed by atoms with Crippen LogP contribution >= 0.6 is 11.6 Å². The van der Waals surface area contributed by atoms with Gasteiger partial charge in [-0.3, -0.25) is 4.79 Å². The molecule has 1 aromatic rings. The average molecular weight is 268 g/mol. The van der Waals surface area contributed by atoms with Gasteiger partial charge >= 0.3 is 0 Å². The third-order valence-corrected chi connectivity index (χ3v) is 3.99. The molecule has 4 nitrogen and oxygen atoms in total. The van der Waals surface area contributed by atoms with Crippen molar-refractivity contribution < 1.29 is 4.79 Å². The number of aromatic nitrogens is 1. The molecular weight excluding hydrogens is 250 g/mol. The predicted octanol–water partition coefficient (Wildman–Crippen LogP) is 2.70. The lowest BCUT2D eigenvalue weighted by molar-refractivity contribution is 0.0944. The quantitative estimate of drug-likeness (QED) is 0.862. The van der Waals surface area contributed by atoms with Gasteiger partial charge in [-0.15, -0.1) is 0 Å². The van der Waals surface area contributed by atoms with Crippen LogP contribution < -0.4 is 10.6 Å². The van der Waals surface area contributed by atoms with Gasteiger partial charge < -0.3 is 10.6 Å². The highest BCUT2D eigenvalue weighted by atomic mass is 35.5. The highest BCUT2D eigenvalue weighted by Crippen LogP contribution is 2.47. The zero-order valence-corrected chi connectivity index (χ0v) is 11.5. The van der Waals surface area contributed by atoms with Crippen molar-refractivity contribution >= 4 is 23.3 Å². The standard InChI is InChI=1S/C13H18ClN3O/c1-3-13(4-5-13)8-17-12(18)9-6-11(15-2)16-7-10(9)14/h6-7H,3-5,8H2,1-2H3,(H,15,16)(H,17,18). The van der Waals surface area contributed by atoms with Gasteiger partial charge in [0.15, 0.2) is 0 Å². The van der Waals surface area contributed by atoms with E-state index >= 15 is 0 Å². The molecule has 0 radical (unpaired) electrons.